The molecule has 1 atom stereocenters. The highest BCUT2D eigenvalue weighted by Crippen LogP contribution is 2.33. The van der Waals surface area contributed by atoms with Crippen molar-refractivity contribution in [1.82, 2.24) is 15.0 Å². The Balaban J connectivity index is 1.65. The van der Waals surface area contributed by atoms with Gasteiger partial charge in [-0.2, -0.15) is 0 Å². The Morgan fingerprint density at radius 1 is 1.29 bits per heavy atom. The van der Waals surface area contributed by atoms with E-state index in [4.69, 9.17) is 14.7 Å². The molecule has 0 saturated carbocycles. The summed E-state index contributed by atoms with van der Waals surface area (Å²) >= 11 is 0. The Kier molecular flexibility index (Phi) is 4.26. The highest BCUT2D eigenvalue weighted by atomic mass is 16.5. The van der Waals surface area contributed by atoms with E-state index in [-0.39, 0.29) is 6.10 Å². The number of fused-ring (bicyclic) bond motifs is 1. The number of nitrogens with zero attached hydrogens (tertiary/aromatic N) is 4. The van der Waals surface area contributed by atoms with Crippen molar-refractivity contribution in [2.75, 3.05) is 24.6 Å². The second-order valence-electron chi connectivity index (χ2n) is 6.34. The van der Waals surface area contributed by atoms with Gasteiger partial charge in [0.2, 0.25) is 0 Å². The van der Waals surface area contributed by atoms with Crippen LogP contribution in [0.2, 0.25) is 0 Å². The Hall–Kier alpha value is -2.27. The average molecular weight is 322 g/mol. The minimum absolute atomic E-state index is 0.258. The molecule has 0 bridgehead atoms. The van der Waals surface area contributed by atoms with E-state index in [0.717, 1.165) is 56.1 Å². The van der Waals surface area contributed by atoms with E-state index in [1.54, 1.807) is 6.20 Å². The van der Waals surface area contributed by atoms with Crippen molar-refractivity contribution in [2.24, 2.45) is 0 Å². The van der Waals surface area contributed by atoms with Gasteiger partial charge in [0.05, 0.1) is 12.7 Å². The van der Waals surface area contributed by atoms with Crippen LogP contribution in [-0.2, 0) is 17.6 Å². The van der Waals surface area contributed by atoms with Crippen molar-refractivity contribution < 1.29 is 4.74 Å². The Bertz CT molecular complexity index is 732. The molecule has 4 rings (SSSR count). The largest absolute Gasteiger partial charge is 0.372 e. The van der Waals surface area contributed by atoms with Crippen LogP contribution in [-0.4, -0.2) is 40.8 Å². The van der Waals surface area contributed by atoms with Gasteiger partial charge in [-0.25, -0.2) is 9.97 Å². The van der Waals surface area contributed by atoms with Crippen molar-refractivity contribution >= 4 is 5.82 Å². The summed E-state index contributed by atoms with van der Waals surface area (Å²) in [6, 6.07) is 5.87. The summed E-state index contributed by atoms with van der Waals surface area (Å²) in [5.41, 5.74) is 3.35. The topological polar surface area (TPSA) is 51.1 Å². The lowest BCUT2D eigenvalue weighted by Crippen LogP contribution is -2.25. The van der Waals surface area contributed by atoms with Crippen LogP contribution >= 0.6 is 0 Å². The number of aryl methyl sites for hydroxylation is 1. The standard InChI is InChI=1S/C19H22N4O/c1-2-12-24-14-9-11-23(13-14)19-15-6-5-8-16(15)21-18(22-19)17-7-3-4-10-20-17/h2-4,7,10,14H,1,5-6,8-9,11-13H2. The van der Waals surface area contributed by atoms with E-state index in [1.807, 2.05) is 24.3 Å². The fraction of sp³-hybridized carbons (Fsp3) is 0.421. The zero-order chi connectivity index (χ0) is 16.4. The molecule has 2 aromatic heterocycles. The lowest BCUT2D eigenvalue weighted by Gasteiger charge is -2.21. The second kappa shape index (κ2) is 6.69. The molecular formula is C19H22N4O. The van der Waals surface area contributed by atoms with Gasteiger partial charge in [-0.15, -0.1) is 6.58 Å². The van der Waals surface area contributed by atoms with Crippen LogP contribution in [0.25, 0.3) is 11.5 Å². The molecule has 0 spiro atoms. The summed E-state index contributed by atoms with van der Waals surface area (Å²) in [7, 11) is 0. The molecule has 124 valence electrons. The van der Waals surface area contributed by atoms with Gasteiger partial charge >= 0.3 is 0 Å². The lowest BCUT2D eigenvalue weighted by atomic mass is 10.2. The number of hydrogen-bond donors (Lipinski definition) is 0. The highest BCUT2D eigenvalue weighted by molar-refractivity contribution is 5.59. The first kappa shape index (κ1) is 15.3. The molecule has 1 unspecified atom stereocenters. The predicted octanol–water partition coefficient (Wildman–Crippen LogP) is 2.81. The molecule has 0 aromatic carbocycles. The number of ether oxygens (including phenoxy) is 1. The molecule has 1 aliphatic heterocycles. The van der Waals surface area contributed by atoms with Crippen molar-refractivity contribution in [3.05, 3.63) is 48.3 Å². The molecule has 1 saturated heterocycles. The number of rotatable bonds is 5. The number of pyridine rings is 1. The molecule has 1 aliphatic carbocycles. The third kappa shape index (κ3) is 2.91. The Labute approximate surface area is 142 Å². The van der Waals surface area contributed by atoms with Gasteiger partial charge in [0.25, 0.3) is 0 Å². The maximum Gasteiger partial charge on any atom is 0.180 e. The van der Waals surface area contributed by atoms with Gasteiger partial charge in [0, 0.05) is 30.5 Å². The quantitative estimate of drug-likeness (QED) is 0.792. The first-order valence-corrected chi connectivity index (χ1v) is 8.64. The van der Waals surface area contributed by atoms with Crippen LogP contribution in [0, 0.1) is 0 Å². The molecule has 0 amide bonds. The van der Waals surface area contributed by atoms with Crippen LogP contribution in [0.5, 0.6) is 0 Å². The maximum atomic E-state index is 5.82. The molecule has 5 nitrogen and oxygen atoms in total. The zero-order valence-electron chi connectivity index (χ0n) is 13.8. The van der Waals surface area contributed by atoms with Crippen LogP contribution in [0.1, 0.15) is 24.1 Å². The fourth-order valence-electron chi connectivity index (χ4n) is 3.54. The van der Waals surface area contributed by atoms with E-state index in [1.165, 1.54) is 11.3 Å². The molecule has 3 heterocycles. The van der Waals surface area contributed by atoms with E-state index >= 15 is 0 Å². The fourth-order valence-corrected chi connectivity index (χ4v) is 3.54. The lowest BCUT2D eigenvalue weighted by molar-refractivity contribution is 0.0909. The summed E-state index contributed by atoms with van der Waals surface area (Å²) in [4.78, 5) is 16.4. The predicted molar refractivity (Wildman–Crippen MR) is 94.1 cm³/mol. The highest BCUT2D eigenvalue weighted by Gasteiger charge is 2.29. The number of aromatic nitrogens is 3. The van der Waals surface area contributed by atoms with E-state index in [9.17, 15) is 0 Å². The SMILES string of the molecule is C=CCOC1CCN(c2nc(-c3ccccn3)nc3c2CCC3)C1. The van der Waals surface area contributed by atoms with Crippen LogP contribution < -0.4 is 4.90 Å². The van der Waals surface area contributed by atoms with Crippen molar-refractivity contribution in [2.45, 2.75) is 31.8 Å². The minimum atomic E-state index is 0.258. The molecule has 24 heavy (non-hydrogen) atoms. The van der Waals surface area contributed by atoms with E-state index in [0.29, 0.717) is 6.61 Å². The Morgan fingerprint density at radius 2 is 2.25 bits per heavy atom. The van der Waals surface area contributed by atoms with Crippen molar-refractivity contribution in [1.29, 1.82) is 0 Å². The summed E-state index contributed by atoms with van der Waals surface area (Å²) in [6.45, 7) is 6.20. The van der Waals surface area contributed by atoms with E-state index in [2.05, 4.69) is 16.5 Å². The van der Waals surface area contributed by atoms with Crippen LogP contribution in [0.15, 0.2) is 37.1 Å². The molecule has 5 heteroatoms. The summed E-state index contributed by atoms with van der Waals surface area (Å²) in [6.07, 6.45) is 8.16. The third-order valence-electron chi connectivity index (χ3n) is 4.70. The summed E-state index contributed by atoms with van der Waals surface area (Å²) in [5.74, 6) is 1.82. The first-order valence-electron chi connectivity index (χ1n) is 8.64. The summed E-state index contributed by atoms with van der Waals surface area (Å²) < 4.78 is 5.82. The molecular weight excluding hydrogens is 300 g/mol. The monoisotopic (exact) mass is 322 g/mol. The Morgan fingerprint density at radius 3 is 3.08 bits per heavy atom. The third-order valence-corrected chi connectivity index (χ3v) is 4.70. The zero-order valence-corrected chi connectivity index (χ0v) is 13.8. The molecule has 2 aromatic rings. The second-order valence-corrected chi connectivity index (χ2v) is 6.34. The number of anilines is 1. The summed E-state index contributed by atoms with van der Waals surface area (Å²) in [5, 5.41) is 0. The minimum Gasteiger partial charge on any atom is -0.372 e. The average Bonchev–Trinajstić information content (AvgIpc) is 3.29. The van der Waals surface area contributed by atoms with Crippen LogP contribution in [0.3, 0.4) is 0 Å². The molecule has 2 aliphatic rings. The maximum absolute atomic E-state index is 5.82. The molecule has 1 fully saturated rings. The van der Waals surface area contributed by atoms with Crippen LogP contribution in [0.4, 0.5) is 5.82 Å². The van der Waals surface area contributed by atoms with Gasteiger partial charge in [0.15, 0.2) is 5.82 Å². The first-order chi connectivity index (χ1) is 11.8. The number of hydrogen-bond acceptors (Lipinski definition) is 5. The van der Waals surface area contributed by atoms with Gasteiger partial charge in [-0.1, -0.05) is 12.1 Å². The van der Waals surface area contributed by atoms with Gasteiger partial charge in [0.1, 0.15) is 11.5 Å². The molecule has 0 radical (unpaired) electrons. The van der Waals surface area contributed by atoms with Gasteiger partial charge in [-0.05, 0) is 37.8 Å². The van der Waals surface area contributed by atoms with Crippen molar-refractivity contribution in [3.8, 4) is 11.5 Å². The van der Waals surface area contributed by atoms with E-state index < -0.39 is 0 Å². The van der Waals surface area contributed by atoms with Gasteiger partial charge < -0.3 is 9.64 Å². The van der Waals surface area contributed by atoms with Gasteiger partial charge in [-0.3, -0.25) is 4.98 Å². The normalized spacial score (nSPS) is 19.5. The molecule has 0 N–H and O–H groups in total. The smallest absolute Gasteiger partial charge is 0.180 e. The van der Waals surface area contributed by atoms with Crippen molar-refractivity contribution in [3.63, 3.8) is 0 Å².